The van der Waals surface area contributed by atoms with Gasteiger partial charge in [-0.25, -0.2) is 0 Å². The third-order valence-corrected chi connectivity index (χ3v) is 2.79. The summed E-state index contributed by atoms with van der Waals surface area (Å²) >= 11 is 0. The highest BCUT2D eigenvalue weighted by Gasteiger charge is 2.12. The molecule has 0 aromatic carbocycles. The van der Waals surface area contributed by atoms with Gasteiger partial charge >= 0.3 is 5.97 Å². The van der Waals surface area contributed by atoms with E-state index in [9.17, 15) is 9.59 Å². The zero-order valence-electron chi connectivity index (χ0n) is 11.5. The van der Waals surface area contributed by atoms with Crippen molar-refractivity contribution in [1.82, 2.24) is 15.1 Å². The number of nitrogens with zero attached hydrogens (tertiary/aromatic N) is 2. The highest BCUT2D eigenvalue weighted by molar-refractivity contribution is 5.92. The standard InChI is InChI=1S/C13H21N3O3/c1-3-16-11(9-10(2)15-16)13(19)14-8-6-4-5-7-12(17)18/h9H,3-8H2,1-2H3,(H,14,19)(H,17,18). The van der Waals surface area contributed by atoms with Crippen molar-refractivity contribution in [2.75, 3.05) is 6.54 Å². The average Bonchev–Trinajstić information content (AvgIpc) is 2.74. The van der Waals surface area contributed by atoms with Crippen LogP contribution in [-0.2, 0) is 11.3 Å². The van der Waals surface area contributed by atoms with Crippen LogP contribution in [0.4, 0.5) is 0 Å². The van der Waals surface area contributed by atoms with Crippen LogP contribution in [-0.4, -0.2) is 33.3 Å². The molecular weight excluding hydrogens is 246 g/mol. The van der Waals surface area contributed by atoms with E-state index in [1.165, 1.54) is 0 Å². The summed E-state index contributed by atoms with van der Waals surface area (Å²) in [6, 6.07) is 1.77. The third kappa shape index (κ3) is 5.11. The van der Waals surface area contributed by atoms with Gasteiger partial charge in [0.05, 0.1) is 5.69 Å². The lowest BCUT2D eigenvalue weighted by Crippen LogP contribution is -2.27. The lowest BCUT2D eigenvalue weighted by Gasteiger charge is -2.06. The minimum absolute atomic E-state index is 0.124. The van der Waals surface area contributed by atoms with Crippen LogP contribution in [0.3, 0.4) is 0 Å². The molecule has 1 heterocycles. The number of hydrogen-bond acceptors (Lipinski definition) is 3. The van der Waals surface area contributed by atoms with E-state index in [-0.39, 0.29) is 12.3 Å². The Kier molecular flexibility index (Phi) is 6.05. The first-order chi connectivity index (χ1) is 9.04. The third-order valence-electron chi connectivity index (χ3n) is 2.79. The average molecular weight is 267 g/mol. The summed E-state index contributed by atoms with van der Waals surface area (Å²) in [6.07, 6.45) is 2.43. The maximum absolute atomic E-state index is 11.9. The molecular formula is C13H21N3O3. The molecule has 0 aliphatic rings. The second-order valence-corrected chi connectivity index (χ2v) is 4.45. The number of aromatic nitrogens is 2. The van der Waals surface area contributed by atoms with Crippen molar-refractivity contribution in [2.24, 2.45) is 0 Å². The fraction of sp³-hybridized carbons (Fsp3) is 0.615. The van der Waals surface area contributed by atoms with Crippen molar-refractivity contribution in [3.8, 4) is 0 Å². The van der Waals surface area contributed by atoms with Gasteiger partial charge < -0.3 is 10.4 Å². The van der Waals surface area contributed by atoms with E-state index < -0.39 is 5.97 Å². The predicted molar refractivity (Wildman–Crippen MR) is 71.1 cm³/mol. The second kappa shape index (κ2) is 7.56. The summed E-state index contributed by atoms with van der Waals surface area (Å²) in [5.41, 5.74) is 1.40. The molecule has 1 aromatic heterocycles. The number of nitrogens with one attached hydrogen (secondary N) is 1. The maximum atomic E-state index is 11.9. The van der Waals surface area contributed by atoms with Gasteiger partial charge in [0.15, 0.2) is 0 Å². The molecule has 0 fully saturated rings. The summed E-state index contributed by atoms with van der Waals surface area (Å²) in [7, 11) is 0. The molecule has 2 N–H and O–H groups in total. The Hall–Kier alpha value is -1.85. The molecule has 0 aliphatic carbocycles. The molecule has 0 atom stereocenters. The van der Waals surface area contributed by atoms with Gasteiger partial charge in [0.2, 0.25) is 0 Å². The quantitative estimate of drug-likeness (QED) is 0.700. The van der Waals surface area contributed by atoms with Crippen LogP contribution in [0.15, 0.2) is 6.07 Å². The summed E-state index contributed by atoms with van der Waals surface area (Å²) in [6.45, 7) is 5.02. The van der Waals surface area contributed by atoms with Crippen molar-refractivity contribution in [3.05, 3.63) is 17.5 Å². The van der Waals surface area contributed by atoms with E-state index in [0.717, 1.165) is 18.5 Å². The number of carbonyl (C=O) groups is 2. The highest BCUT2D eigenvalue weighted by atomic mass is 16.4. The zero-order valence-corrected chi connectivity index (χ0v) is 11.5. The van der Waals surface area contributed by atoms with Gasteiger partial charge in [-0.1, -0.05) is 6.42 Å². The monoisotopic (exact) mass is 267 g/mol. The van der Waals surface area contributed by atoms with Crippen LogP contribution in [0.1, 0.15) is 48.8 Å². The van der Waals surface area contributed by atoms with Crippen LogP contribution >= 0.6 is 0 Å². The normalized spacial score (nSPS) is 10.4. The van der Waals surface area contributed by atoms with Gasteiger partial charge in [0.25, 0.3) is 5.91 Å². The molecule has 0 aliphatic heterocycles. The van der Waals surface area contributed by atoms with Gasteiger partial charge in [-0.05, 0) is 32.8 Å². The molecule has 0 saturated heterocycles. The number of carboxylic acids is 1. The Bertz CT molecular complexity index is 440. The summed E-state index contributed by atoms with van der Waals surface area (Å²) in [5, 5.41) is 15.5. The summed E-state index contributed by atoms with van der Waals surface area (Å²) in [4.78, 5) is 22.2. The molecule has 1 amide bonds. The summed E-state index contributed by atoms with van der Waals surface area (Å²) < 4.78 is 1.68. The van der Waals surface area contributed by atoms with E-state index in [1.807, 2.05) is 13.8 Å². The number of aliphatic carboxylic acids is 1. The molecule has 0 bridgehead atoms. The molecule has 0 unspecified atom stereocenters. The largest absolute Gasteiger partial charge is 0.481 e. The Morgan fingerprint density at radius 1 is 1.37 bits per heavy atom. The number of hydrogen-bond donors (Lipinski definition) is 2. The van der Waals surface area contributed by atoms with E-state index in [1.54, 1.807) is 10.7 Å². The number of aryl methyl sites for hydroxylation is 2. The van der Waals surface area contributed by atoms with Crippen LogP contribution in [0, 0.1) is 6.92 Å². The number of carbonyl (C=O) groups excluding carboxylic acids is 1. The van der Waals surface area contributed by atoms with Crippen LogP contribution in [0.2, 0.25) is 0 Å². The summed E-state index contributed by atoms with van der Waals surface area (Å²) in [5.74, 6) is -0.896. The molecule has 106 valence electrons. The van der Waals surface area contributed by atoms with Gasteiger partial charge in [0.1, 0.15) is 5.69 Å². The molecule has 6 heteroatoms. The first-order valence-corrected chi connectivity index (χ1v) is 6.59. The fourth-order valence-electron chi connectivity index (χ4n) is 1.84. The van der Waals surface area contributed by atoms with E-state index in [0.29, 0.717) is 25.2 Å². The zero-order chi connectivity index (χ0) is 14.3. The van der Waals surface area contributed by atoms with E-state index >= 15 is 0 Å². The van der Waals surface area contributed by atoms with Gasteiger partial charge in [-0.3, -0.25) is 14.3 Å². The number of carboxylic acid groups (broad SMARTS) is 1. The predicted octanol–water partition coefficient (Wildman–Crippen LogP) is 1.59. The van der Waals surface area contributed by atoms with Crippen LogP contribution in [0.25, 0.3) is 0 Å². The smallest absolute Gasteiger partial charge is 0.303 e. The van der Waals surface area contributed by atoms with Crippen molar-refractivity contribution < 1.29 is 14.7 Å². The lowest BCUT2D eigenvalue weighted by atomic mass is 10.2. The SMILES string of the molecule is CCn1nc(C)cc1C(=O)NCCCCCC(=O)O. The van der Waals surface area contributed by atoms with Gasteiger partial charge in [0, 0.05) is 19.5 Å². The van der Waals surface area contributed by atoms with E-state index in [4.69, 9.17) is 5.11 Å². The second-order valence-electron chi connectivity index (χ2n) is 4.45. The van der Waals surface area contributed by atoms with Crippen LogP contribution < -0.4 is 5.32 Å². The number of rotatable bonds is 8. The first-order valence-electron chi connectivity index (χ1n) is 6.59. The molecule has 6 nitrogen and oxygen atoms in total. The minimum Gasteiger partial charge on any atom is -0.481 e. The van der Waals surface area contributed by atoms with Crippen molar-refractivity contribution in [3.63, 3.8) is 0 Å². The van der Waals surface area contributed by atoms with Crippen molar-refractivity contribution >= 4 is 11.9 Å². The molecule has 1 aromatic rings. The number of unbranched alkanes of at least 4 members (excludes halogenated alkanes) is 2. The highest BCUT2D eigenvalue weighted by Crippen LogP contribution is 2.04. The Morgan fingerprint density at radius 3 is 2.74 bits per heavy atom. The topological polar surface area (TPSA) is 84.2 Å². The Morgan fingerprint density at radius 2 is 2.11 bits per heavy atom. The lowest BCUT2D eigenvalue weighted by molar-refractivity contribution is -0.137. The molecule has 0 spiro atoms. The van der Waals surface area contributed by atoms with Crippen LogP contribution in [0.5, 0.6) is 0 Å². The number of amides is 1. The van der Waals surface area contributed by atoms with Crippen molar-refractivity contribution in [2.45, 2.75) is 46.1 Å². The molecule has 0 radical (unpaired) electrons. The Balaban J connectivity index is 2.29. The van der Waals surface area contributed by atoms with Crippen molar-refractivity contribution in [1.29, 1.82) is 0 Å². The molecule has 19 heavy (non-hydrogen) atoms. The van der Waals surface area contributed by atoms with E-state index in [2.05, 4.69) is 10.4 Å². The maximum Gasteiger partial charge on any atom is 0.303 e. The molecule has 1 rings (SSSR count). The minimum atomic E-state index is -0.772. The fourth-order valence-corrected chi connectivity index (χ4v) is 1.84. The first kappa shape index (κ1) is 15.2. The Labute approximate surface area is 112 Å². The van der Waals surface area contributed by atoms with Gasteiger partial charge in [-0.2, -0.15) is 5.10 Å². The molecule has 0 saturated carbocycles. The van der Waals surface area contributed by atoms with Gasteiger partial charge in [-0.15, -0.1) is 0 Å².